The molecule has 2 atom stereocenters. The summed E-state index contributed by atoms with van der Waals surface area (Å²) in [5.41, 5.74) is 1.44. The lowest BCUT2D eigenvalue weighted by Crippen LogP contribution is -2.38. The number of carbonyl (C=O) groups excluding carboxylic acids is 1. The second kappa shape index (κ2) is 3.88. The molecule has 0 aromatic carbocycles. The Bertz CT molecular complexity index is 260. The molecule has 1 nitrogen and oxygen atoms in total. The highest BCUT2D eigenvalue weighted by Crippen LogP contribution is 2.45. The lowest BCUT2D eigenvalue weighted by atomic mass is 9.62. The maximum atomic E-state index is 11.9. The molecule has 14 heavy (non-hydrogen) atoms. The molecular weight excluding hydrogens is 172 g/mol. The molecule has 0 aromatic heterocycles. The van der Waals surface area contributed by atoms with Crippen LogP contribution in [0.2, 0.25) is 0 Å². The first-order valence-corrected chi connectivity index (χ1v) is 5.61. The molecule has 0 fully saturated rings. The number of Topliss-reactive ketones (excluding diaryl/α,β-unsaturated/α-hetero) is 1. The van der Waals surface area contributed by atoms with Gasteiger partial charge in [0.05, 0.1) is 0 Å². The third-order valence-electron chi connectivity index (χ3n) is 3.85. The molecule has 2 unspecified atom stereocenters. The molecule has 0 aromatic rings. The molecule has 0 spiro atoms. The summed E-state index contributed by atoms with van der Waals surface area (Å²) in [5.74, 6) is 1.15. The van der Waals surface area contributed by atoms with E-state index in [1.54, 1.807) is 0 Å². The van der Waals surface area contributed by atoms with Crippen LogP contribution in [0.3, 0.4) is 0 Å². The van der Waals surface area contributed by atoms with E-state index in [0.717, 1.165) is 6.42 Å². The van der Waals surface area contributed by atoms with Gasteiger partial charge in [0.1, 0.15) is 5.78 Å². The molecule has 0 aliphatic heterocycles. The zero-order chi connectivity index (χ0) is 10.9. The normalized spacial score (nSPS) is 31.1. The smallest absolute Gasteiger partial charge is 0.136 e. The zero-order valence-electron chi connectivity index (χ0n) is 10.1. The van der Waals surface area contributed by atoms with E-state index in [2.05, 4.69) is 33.8 Å². The molecule has 0 saturated carbocycles. The number of allylic oxidation sites excluding steroid dienone is 2. The first-order chi connectivity index (χ1) is 6.41. The second-order valence-electron chi connectivity index (χ2n) is 5.12. The molecule has 0 heterocycles. The van der Waals surface area contributed by atoms with Crippen molar-refractivity contribution in [1.82, 2.24) is 0 Å². The number of hydrogen-bond donors (Lipinski definition) is 0. The summed E-state index contributed by atoms with van der Waals surface area (Å²) in [7, 11) is 0. The van der Waals surface area contributed by atoms with E-state index >= 15 is 0 Å². The van der Waals surface area contributed by atoms with Crippen molar-refractivity contribution in [2.24, 2.45) is 17.3 Å². The van der Waals surface area contributed by atoms with Crippen molar-refractivity contribution < 1.29 is 4.79 Å². The Labute approximate surface area is 87.6 Å². The molecule has 0 amide bonds. The molecule has 0 bridgehead atoms. The van der Waals surface area contributed by atoms with Crippen molar-refractivity contribution >= 4 is 5.78 Å². The lowest BCUT2D eigenvalue weighted by Gasteiger charge is -2.41. The molecule has 80 valence electrons. The van der Waals surface area contributed by atoms with Gasteiger partial charge < -0.3 is 0 Å². The third-order valence-corrected chi connectivity index (χ3v) is 3.85. The van der Waals surface area contributed by atoms with Crippen LogP contribution in [-0.2, 0) is 4.79 Å². The Morgan fingerprint density at radius 3 is 2.64 bits per heavy atom. The van der Waals surface area contributed by atoms with Gasteiger partial charge in [-0.2, -0.15) is 0 Å². The van der Waals surface area contributed by atoms with Crippen LogP contribution in [0.1, 0.15) is 47.5 Å². The van der Waals surface area contributed by atoms with Gasteiger partial charge in [0.2, 0.25) is 0 Å². The topological polar surface area (TPSA) is 17.1 Å². The predicted octanol–water partition coefficient (Wildman–Crippen LogP) is 3.59. The first-order valence-electron chi connectivity index (χ1n) is 5.61. The quantitative estimate of drug-likeness (QED) is 0.614. The number of hydrogen-bond acceptors (Lipinski definition) is 1. The van der Waals surface area contributed by atoms with E-state index in [4.69, 9.17) is 0 Å². The summed E-state index contributed by atoms with van der Waals surface area (Å²) in [6, 6.07) is 0. The number of carbonyl (C=O) groups is 1. The van der Waals surface area contributed by atoms with E-state index in [0.29, 0.717) is 18.1 Å². The van der Waals surface area contributed by atoms with E-state index in [-0.39, 0.29) is 11.3 Å². The summed E-state index contributed by atoms with van der Waals surface area (Å²) in [6.07, 6.45) is 4.03. The van der Waals surface area contributed by atoms with Gasteiger partial charge in [0.15, 0.2) is 0 Å². The van der Waals surface area contributed by atoms with E-state index in [1.807, 2.05) is 6.92 Å². The van der Waals surface area contributed by atoms with Gasteiger partial charge in [-0.25, -0.2) is 0 Å². The fraction of sp³-hybridized carbons (Fsp3) is 0.769. The van der Waals surface area contributed by atoms with Crippen molar-refractivity contribution in [3.05, 3.63) is 11.6 Å². The minimum absolute atomic E-state index is 0.0603. The molecule has 0 N–H and O–H groups in total. The molecule has 0 saturated heterocycles. The van der Waals surface area contributed by atoms with Gasteiger partial charge in [0, 0.05) is 12.3 Å². The van der Waals surface area contributed by atoms with Gasteiger partial charge >= 0.3 is 0 Å². The zero-order valence-corrected chi connectivity index (χ0v) is 10.1. The Hall–Kier alpha value is -0.590. The van der Waals surface area contributed by atoms with Crippen molar-refractivity contribution in [1.29, 1.82) is 0 Å². The van der Waals surface area contributed by atoms with Gasteiger partial charge in [-0.3, -0.25) is 4.79 Å². The SMILES string of the molecule is CCC(=O)C1C(C)CC=C(C)C1(C)C. The number of rotatable bonds is 2. The fourth-order valence-corrected chi connectivity index (χ4v) is 2.66. The van der Waals surface area contributed by atoms with Crippen LogP contribution in [-0.4, -0.2) is 5.78 Å². The van der Waals surface area contributed by atoms with Crippen LogP contribution in [0.5, 0.6) is 0 Å². The highest BCUT2D eigenvalue weighted by atomic mass is 16.1. The van der Waals surface area contributed by atoms with Crippen molar-refractivity contribution in [2.45, 2.75) is 47.5 Å². The standard InChI is InChI=1S/C13H22O/c1-6-11(14)12-9(2)7-8-10(3)13(12,4)5/h8-9,12H,6-7H2,1-5H3. The summed E-state index contributed by atoms with van der Waals surface area (Å²) in [5, 5.41) is 0. The van der Waals surface area contributed by atoms with Crippen LogP contribution < -0.4 is 0 Å². The van der Waals surface area contributed by atoms with Crippen molar-refractivity contribution in [3.8, 4) is 0 Å². The highest BCUT2D eigenvalue weighted by Gasteiger charge is 2.40. The monoisotopic (exact) mass is 194 g/mol. The van der Waals surface area contributed by atoms with Crippen LogP contribution in [0.25, 0.3) is 0 Å². The third kappa shape index (κ3) is 1.77. The van der Waals surface area contributed by atoms with Crippen LogP contribution >= 0.6 is 0 Å². The van der Waals surface area contributed by atoms with Crippen LogP contribution in [0.15, 0.2) is 11.6 Å². The lowest BCUT2D eigenvalue weighted by molar-refractivity contribution is -0.127. The second-order valence-corrected chi connectivity index (χ2v) is 5.12. The predicted molar refractivity (Wildman–Crippen MR) is 60.1 cm³/mol. The largest absolute Gasteiger partial charge is 0.299 e. The number of ketones is 1. The molecule has 0 radical (unpaired) electrons. The van der Waals surface area contributed by atoms with Crippen molar-refractivity contribution in [3.63, 3.8) is 0 Å². The van der Waals surface area contributed by atoms with E-state index < -0.39 is 0 Å². The maximum absolute atomic E-state index is 11.9. The summed E-state index contributed by atoms with van der Waals surface area (Å²) < 4.78 is 0. The minimum atomic E-state index is 0.0603. The average molecular weight is 194 g/mol. The summed E-state index contributed by atoms with van der Waals surface area (Å²) >= 11 is 0. The van der Waals surface area contributed by atoms with Crippen molar-refractivity contribution in [2.75, 3.05) is 0 Å². The average Bonchev–Trinajstić information content (AvgIpc) is 2.11. The maximum Gasteiger partial charge on any atom is 0.136 e. The van der Waals surface area contributed by atoms with Gasteiger partial charge in [-0.1, -0.05) is 39.3 Å². The Morgan fingerprint density at radius 1 is 1.57 bits per heavy atom. The molecule has 1 aliphatic carbocycles. The van der Waals surface area contributed by atoms with Gasteiger partial charge in [-0.15, -0.1) is 0 Å². The van der Waals surface area contributed by atoms with Gasteiger partial charge in [-0.05, 0) is 24.7 Å². The van der Waals surface area contributed by atoms with Crippen LogP contribution in [0, 0.1) is 17.3 Å². The summed E-state index contributed by atoms with van der Waals surface area (Å²) in [4.78, 5) is 11.9. The van der Waals surface area contributed by atoms with Gasteiger partial charge in [0.25, 0.3) is 0 Å². The Morgan fingerprint density at radius 2 is 2.14 bits per heavy atom. The van der Waals surface area contributed by atoms with E-state index in [1.165, 1.54) is 5.57 Å². The molecule has 1 heteroatoms. The molecule has 1 aliphatic rings. The minimum Gasteiger partial charge on any atom is -0.299 e. The summed E-state index contributed by atoms with van der Waals surface area (Å²) in [6.45, 7) is 10.7. The Kier molecular flexibility index (Phi) is 3.18. The molecular formula is C13H22O. The Balaban J connectivity index is 3.02. The first kappa shape index (κ1) is 11.5. The van der Waals surface area contributed by atoms with E-state index in [9.17, 15) is 4.79 Å². The fourth-order valence-electron chi connectivity index (χ4n) is 2.66. The van der Waals surface area contributed by atoms with Crippen LogP contribution in [0.4, 0.5) is 0 Å². The molecule has 1 rings (SSSR count). The highest BCUT2D eigenvalue weighted by molar-refractivity contribution is 5.82.